The van der Waals surface area contributed by atoms with Crippen LogP contribution >= 0.6 is 11.8 Å². The summed E-state index contributed by atoms with van der Waals surface area (Å²) in [5.74, 6) is 0.761. The Morgan fingerprint density at radius 1 is 1.03 bits per heavy atom. The molecule has 156 valence electrons. The third kappa shape index (κ3) is 5.21. The summed E-state index contributed by atoms with van der Waals surface area (Å²) in [5.41, 5.74) is 3.73. The molecule has 1 saturated heterocycles. The zero-order chi connectivity index (χ0) is 20.8. The second kappa shape index (κ2) is 9.80. The molecular formula is C23H26N4O2S. The number of piperidine rings is 1. The van der Waals surface area contributed by atoms with Crippen LogP contribution < -0.4 is 5.32 Å². The number of carbonyl (C=O) groups excluding carboxylic acids is 2. The predicted molar refractivity (Wildman–Crippen MR) is 119 cm³/mol. The number of aromatic amines is 1. The molecule has 1 fully saturated rings. The summed E-state index contributed by atoms with van der Waals surface area (Å²) in [5, 5.41) is 3.74. The minimum absolute atomic E-state index is 0.132. The summed E-state index contributed by atoms with van der Waals surface area (Å²) in [7, 11) is 0. The number of benzene rings is 2. The molecule has 0 unspecified atom stereocenters. The molecule has 2 aromatic carbocycles. The van der Waals surface area contributed by atoms with Gasteiger partial charge in [0.1, 0.15) is 0 Å². The predicted octanol–water partition coefficient (Wildman–Crippen LogP) is 3.99. The van der Waals surface area contributed by atoms with E-state index in [-0.39, 0.29) is 11.8 Å². The van der Waals surface area contributed by atoms with Crippen LogP contribution in [0.4, 0.5) is 0 Å². The number of imidazole rings is 1. The van der Waals surface area contributed by atoms with Gasteiger partial charge in [-0.05, 0) is 49.1 Å². The lowest BCUT2D eigenvalue weighted by Crippen LogP contribution is -2.37. The summed E-state index contributed by atoms with van der Waals surface area (Å²) in [6.07, 6.45) is 3.73. The Labute approximate surface area is 180 Å². The zero-order valence-electron chi connectivity index (χ0n) is 16.9. The van der Waals surface area contributed by atoms with Gasteiger partial charge in [0.15, 0.2) is 5.16 Å². The van der Waals surface area contributed by atoms with Crippen molar-refractivity contribution < 1.29 is 9.59 Å². The van der Waals surface area contributed by atoms with Crippen LogP contribution in [-0.4, -0.2) is 46.3 Å². The molecule has 2 amide bonds. The SMILES string of the molecule is O=C(NCCC(=O)N1CCCCC1)c1ccc(CSc2nc3ccccc3[nH]2)cc1. The van der Waals surface area contributed by atoms with Gasteiger partial charge in [0.25, 0.3) is 5.91 Å². The molecule has 6 nitrogen and oxygen atoms in total. The lowest BCUT2D eigenvalue weighted by atomic mass is 10.1. The number of aromatic nitrogens is 2. The second-order valence-electron chi connectivity index (χ2n) is 7.49. The van der Waals surface area contributed by atoms with Crippen LogP contribution in [0.1, 0.15) is 41.6 Å². The Morgan fingerprint density at radius 2 is 1.80 bits per heavy atom. The van der Waals surface area contributed by atoms with Crippen molar-refractivity contribution in [3.63, 3.8) is 0 Å². The number of amides is 2. The van der Waals surface area contributed by atoms with Crippen LogP contribution in [0.15, 0.2) is 53.7 Å². The van der Waals surface area contributed by atoms with Gasteiger partial charge in [0.2, 0.25) is 5.91 Å². The number of hydrogen-bond donors (Lipinski definition) is 2. The van der Waals surface area contributed by atoms with E-state index >= 15 is 0 Å². The van der Waals surface area contributed by atoms with Gasteiger partial charge in [-0.2, -0.15) is 0 Å². The molecule has 0 spiro atoms. The van der Waals surface area contributed by atoms with Gasteiger partial charge in [0, 0.05) is 37.4 Å². The summed E-state index contributed by atoms with van der Waals surface area (Å²) in [4.78, 5) is 34.3. The van der Waals surface area contributed by atoms with Gasteiger partial charge in [0.05, 0.1) is 11.0 Å². The van der Waals surface area contributed by atoms with Crippen LogP contribution in [-0.2, 0) is 10.5 Å². The highest BCUT2D eigenvalue weighted by Gasteiger charge is 2.16. The van der Waals surface area contributed by atoms with E-state index in [9.17, 15) is 9.59 Å². The number of rotatable bonds is 7. The summed E-state index contributed by atoms with van der Waals surface area (Å²) in [6, 6.07) is 15.6. The zero-order valence-corrected chi connectivity index (χ0v) is 17.7. The number of para-hydroxylation sites is 2. The normalized spacial score (nSPS) is 14.1. The number of thioether (sulfide) groups is 1. The Morgan fingerprint density at radius 3 is 2.57 bits per heavy atom. The molecule has 0 atom stereocenters. The average molecular weight is 423 g/mol. The molecule has 0 saturated carbocycles. The largest absolute Gasteiger partial charge is 0.352 e. The quantitative estimate of drug-likeness (QED) is 0.565. The molecule has 7 heteroatoms. The van der Waals surface area contributed by atoms with Crippen molar-refractivity contribution in [1.29, 1.82) is 0 Å². The van der Waals surface area contributed by atoms with E-state index in [1.165, 1.54) is 6.42 Å². The van der Waals surface area contributed by atoms with E-state index in [0.717, 1.165) is 53.4 Å². The van der Waals surface area contributed by atoms with Gasteiger partial charge in [-0.25, -0.2) is 4.98 Å². The third-order valence-electron chi connectivity index (χ3n) is 5.29. The first-order valence-corrected chi connectivity index (χ1v) is 11.4. The molecule has 4 rings (SSSR count). The van der Waals surface area contributed by atoms with Crippen LogP contribution in [0.25, 0.3) is 11.0 Å². The van der Waals surface area contributed by atoms with Gasteiger partial charge < -0.3 is 15.2 Å². The average Bonchev–Trinajstić information content (AvgIpc) is 3.21. The first-order valence-electron chi connectivity index (χ1n) is 10.4. The van der Waals surface area contributed by atoms with E-state index < -0.39 is 0 Å². The second-order valence-corrected chi connectivity index (χ2v) is 8.46. The summed E-state index contributed by atoms with van der Waals surface area (Å²) >= 11 is 1.63. The van der Waals surface area contributed by atoms with Crippen LogP contribution in [0.3, 0.4) is 0 Å². The fourth-order valence-electron chi connectivity index (χ4n) is 3.59. The molecule has 2 N–H and O–H groups in total. The van der Waals surface area contributed by atoms with Gasteiger partial charge in [-0.3, -0.25) is 9.59 Å². The molecule has 1 aromatic heterocycles. The van der Waals surface area contributed by atoms with E-state index in [1.54, 1.807) is 11.8 Å². The smallest absolute Gasteiger partial charge is 0.251 e. The highest BCUT2D eigenvalue weighted by molar-refractivity contribution is 7.98. The Balaban J connectivity index is 1.23. The van der Waals surface area contributed by atoms with Crippen molar-refractivity contribution in [1.82, 2.24) is 20.2 Å². The molecule has 30 heavy (non-hydrogen) atoms. The van der Waals surface area contributed by atoms with E-state index in [0.29, 0.717) is 18.5 Å². The minimum atomic E-state index is -0.141. The summed E-state index contributed by atoms with van der Waals surface area (Å²) in [6.45, 7) is 2.07. The first kappa shape index (κ1) is 20.5. The maximum Gasteiger partial charge on any atom is 0.251 e. The Kier molecular flexibility index (Phi) is 6.69. The molecule has 3 aromatic rings. The molecular weight excluding hydrogens is 396 g/mol. The molecule has 0 aliphatic carbocycles. The van der Waals surface area contributed by atoms with Crippen molar-refractivity contribution in [2.75, 3.05) is 19.6 Å². The Hall–Kier alpha value is -2.80. The van der Waals surface area contributed by atoms with Crippen LogP contribution in [0, 0.1) is 0 Å². The number of fused-ring (bicyclic) bond motifs is 1. The van der Waals surface area contributed by atoms with Crippen LogP contribution in [0.2, 0.25) is 0 Å². The lowest BCUT2D eigenvalue weighted by Gasteiger charge is -2.26. The van der Waals surface area contributed by atoms with Crippen molar-refractivity contribution in [3.05, 3.63) is 59.7 Å². The Bertz CT molecular complexity index is 976. The maximum absolute atomic E-state index is 12.3. The third-order valence-corrected chi connectivity index (χ3v) is 6.24. The number of nitrogens with zero attached hydrogens (tertiary/aromatic N) is 2. The van der Waals surface area contributed by atoms with Crippen molar-refractivity contribution in [2.24, 2.45) is 0 Å². The van der Waals surface area contributed by atoms with Crippen molar-refractivity contribution in [3.8, 4) is 0 Å². The van der Waals surface area contributed by atoms with Crippen molar-refractivity contribution >= 4 is 34.6 Å². The van der Waals surface area contributed by atoms with E-state index in [4.69, 9.17) is 0 Å². The van der Waals surface area contributed by atoms with E-state index in [1.807, 2.05) is 53.4 Å². The standard InChI is InChI=1S/C23H26N4O2S/c28-21(27-14-4-1-5-15-27)12-13-24-22(29)18-10-8-17(9-11-18)16-30-23-25-19-6-2-3-7-20(19)26-23/h2-3,6-11H,1,4-5,12-16H2,(H,24,29)(H,25,26). The van der Waals surface area contributed by atoms with Crippen LogP contribution in [0.5, 0.6) is 0 Å². The van der Waals surface area contributed by atoms with Gasteiger partial charge >= 0.3 is 0 Å². The lowest BCUT2D eigenvalue weighted by molar-refractivity contribution is -0.131. The van der Waals surface area contributed by atoms with Gasteiger partial charge in [-0.15, -0.1) is 0 Å². The molecule has 1 aliphatic heterocycles. The number of hydrogen-bond acceptors (Lipinski definition) is 4. The fraction of sp³-hybridized carbons (Fsp3) is 0.348. The summed E-state index contributed by atoms with van der Waals surface area (Å²) < 4.78 is 0. The monoisotopic (exact) mass is 422 g/mol. The fourth-order valence-corrected chi connectivity index (χ4v) is 4.43. The van der Waals surface area contributed by atoms with E-state index in [2.05, 4.69) is 15.3 Å². The number of nitrogens with one attached hydrogen (secondary N) is 2. The van der Waals surface area contributed by atoms with Gasteiger partial charge in [-0.1, -0.05) is 36.0 Å². The number of likely N-dealkylation sites (tertiary alicyclic amines) is 1. The number of carbonyl (C=O) groups is 2. The molecule has 2 heterocycles. The highest BCUT2D eigenvalue weighted by Crippen LogP contribution is 2.23. The highest BCUT2D eigenvalue weighted by atomic mass is 32.2. The minimum Gasteiger partial charge on any atom is -0.352 e. The topological polar surface area (TPSA) is 78.1 Å². The molecule has 1 aliphatic rings. The number of H-pyrrole nitrogens is 1. The molecule has 0 bridgehead atoms. The molecule has 0 radical (unpaired) electrons. The maximum atomic E-state index is 12.3. The first-order chi connectivity index (χ1) is 14.7. The van der Waals surface area contributed by atoms with Crippen molar-refractivity contribution in [2.45, 2.75) is 36.6 Å².